The van der Waals surface area contributed by atoms with E-state index in [-0.39, 0.29) is 25.0 Å². The molecule has 0 saturated heterocycles. The second-order valence-corrected chi connectivity index (χ2v) is 3.83. The molecule has 0 spiro atoms. The Hall–Kier alpha value is -2.23. The maximum atomic E-state index is 11.5. The molecule has 3 amide bonds. The second kappa shape index (κ2) is 7.95. The van der Waals surface area contributed by atoms with Crippen molar-refractivity contribution in [3.05, 3.63) is 0 Å². The van der Waals surface area contributed by atoms with Crippen molar-refractivity contribution in [1.29, 1.82) is 0 Å². The standard InChI is InChI=1S/C11H17N3O4/c1-4-5-14(7-10(16)17)11(18)12-6-9(15)13-8(2)3/h1,8H,5-7H2,2-3H3,(H,12,18)(H,13,15)(H,16,17). The molecule has 0 radical (unpaired) electrons. The first-order chi connectivity index (χ1) is 8.36. The Morgan fingerprint density at radius 2 is 2.00 bits per heavy atom. The van der Waals surface area contributed by atoms with Gasteiger partial charge in [0.2, 0.25) is 5.91 Å². The second-order valence-electron chi connectivity index (χ2n) is 3.83. The highest BCUT2D eigenvalue weighted by Crippen LogP contribution is 1.89. The van der Waals surface area contributed by atoms with Gasteiger partial charge in [0.25, 0.3) is 0 Å². The summed E-state index contributed by atoms with van der Waals surface area (Å²) < 4.78 is 0. The average molecular weight is 255 g/mol. The van der Waals surface area contributed by atoms with Gasteiger partial charge >= 0.3 is 12.0 Å². The molecule has 0 unspecified atom stereocenters. The van der Waals surface area contributed by atoms with Crippen LogP contribution in [0.4, 0.5) is 4.79 Å². The lowest BCUT2D eigenvalue weighted by molar-refractivity contribution is -0.137. The fourth-order valence-electron chi connectivity index (χ4n) is 1.11. The lowest BCUT2D eigenvalue weighted by Crippen LogP contribution is -2.47. The van der Waals surface area contributed by atoms with Crippen LogP contribution in [0.25, 0.3) is 0 Å². The summed E-state index contributed by atoms with van der Waals surface area (Å²) in [7, 11) is 0. The predicted octanol–water partition coefficient (Wildman–Crippen LogP) is -0.760. The number of carboxylic acids is 1. The van der Waals surface area contributed by atoms with E-state index in [1.165, 1.54) is 0 Å². The minimum atomic E-state index is -1.17. The van der Waals surface area contributed by atoms with Crippen LogP contribution in [-0.4, -0.2) is 53.6 Å². The zero-order chi connectivity index (χ0) is 14.1. The minimum Gasteiger partial charge on any atom is -0.480 e. The van der Waals surface area contributed by atoms with Crippen LogP contribution >= 0.6 is 0 Å². The fraction of sp³-hybridized carbons (Fsp3) is 0.545. The molecule has 0 fully saturated rings. The van der Waals surface area contributed by atoms with Crippen LogP contribution in [-0.2, 0) is 9.59 Å². The maximum absolute atomic E-state index is 11.5. The molecule has 7 heteroatoms. The molecule has 0 bridgehead atoms. The van der Waals surface area contributed by atoms with Crippen molar-refractivity contribution in [1.82, 2.24) is 15.5 Å². The van der Waals surface area contributed by atoms with E-state index in [1.54, 1.807) is 13.8 Å². The summed E-state index contributed by atoms with van der Waals surface area (Å²) >= 11 is 0. The Labute approximate surface area is 106 Å². The van der Waals surface area contributed by atoms with Gasteiger partial charge < -0.3 is 20.6 Å². The lowest BCUT2D eigenvalue weighted by atomic mass is 10.4. The Morgan fingerprint density at radius 3 is 2.44 bits per heavy atom. The van der Waals surface area contributed by atoms with Gasteiger partial charge in [-0.15, -0.1) is 6.42 Å². The first-order valence-corrected chi connectivity index (χ1v) is 5.34. The number of hydrogen-bond donors (Lipinski definition) is 3. The molecule has 18 heavy (non-hydrogen) atoms. The van der Waals surface area contributed by atoms with E-state index in [0.717, 1.165) is 4.90 Å². The number of hydrogen-bond acceptors (Lipinski definition) is 3. The normalized spacial score (nSPS) is 9.44. The van der Waals surface area contributed by atoms with E-state index in [2.05, 4.69) is 16.6 Å². The molecule has 7 nitrogen and oxygen atoms in total. The summed E-state index contributed by atoms with van der Waals surface area (Å²) in [6.45, 7) is 2.70. The SMILES string of the molecule is C#CCN(CC(=O)O)C(=O)NCC(=O)NC(C)C. The number of urea groups is 1. The highest BCUT2D eigenvalue weighted by atomic mass is 16.4. The van der Waals surface area contributed by atoms with E-state index in [4.69, 9.17) is 11.5 Å². The van der Waals surface area contributed by atoms with E-state index in [1.807, 2.05) is 0 Å². The summed E-state index contributed by atoms with van der Waals surface area (Å²) in [5, 5.41) is 13.5. The van der Waals surface area contributed by atoms with Gasteiger partial charge in [0.05, 0.1) is 13.1 Å². The van der Waals surface area contributed by atoms with Gasteiger partial charge in [0.15, 0.2) is 0 Å². The molecule has 0 aromatic carbocycles. The topological polar surface area (TPSA) is 98.7 Å². The Bertz CT molecular complexity index is 360. The Morgan fingerprint density at radius 1 is 1.39 bits per heavy atom. The van der Waals surface area contributed by atoms with Gasteiger partial charge in [-0.3, -0.25) is 9.59 Å². The summed E-state index contributed by atoms with van der Waals surface area (Å²) in [4.78, 5) is 34.2. The van der Waals surface area contributed by atoms with Crippen molar-refractivity contribution in [2.75, 3.05) is 19.6 Å². The van der Waals surface area contributed by atoms with Crippen molar-refractivity contribution in [2.24, 2.45) is 0 Å². The van der Waals surface area contributed by atoms with E-state index in [9.17, 15) is 14.4 Å². The zero-order valence-electron chi connectivity index (χ0n) is 10.4. The number of nitrogens with one attached hydrogen (secondary N) is 2. The monoisotopic (exact) mass is 255 g/mol. The van der Waals surface area contributed by atoms with Gasteiger partial charge in [-0.1, -0.05) is 5.92 Å². The highest BCUT2D eigenvalue weighted by molar-refractivity contribution is 5.85. The number of nitrogens with zero attached hydrogens (tertiary/aromatic N) is 1. The molecule has 3 N–H and O–H groups in total. The number of amides is 3. The average Bonchev–Trinajstić information content (AvgIpc) is 2.23. The lowest BCUT2D eigenvalue weighted by Gasteiger charge is -2.18. The molecule has 0 saturated carbocycles. The number of carbonyl (C=O) groups excluding carboxylic acids is 2. The first kappa shape index (κ1) is 15.8. The summed E-state index contributed by atoms with van der Waals surface area (Å²) in [6, 6.07) is -0.718. The molecular formula is C11H17N3O4. The van der Waals surface area contributed by atoms with Crippen LogP contribution in [0.1, 0.15) is 13.8 Å². The van der Waals surface area contributed by atoms with Crippen molar-refractivity contribution in [2.45, 2.75) is 19.9 Å². The van der Waals surface area contributed by atoms with Crippen molar-refractivity contribution >= 4 is 17.9 Å². The number of carboxylic acid groups (broad SMARTS) is 1. The van der Waals surface area contributed by atoms with Gasteiger partial charge in [-0.2, -0.15) is 0 Å². The zero-order valence-corrected chi connectivity index (χ0v) is 10.4. The molecule has 0 aromatic rings. The van der Waals surface area contributed by atoms with E-state index < -0.39 is 18.5 Å². The number of terminal acetylenes is 1. The Balaban J connectivity index is 4.22. The van der Waals surface area contributed by atoms with Crippen molar-refractivity contribution < 1.29 is 19.5 Å². The summed E-state index contributed by atoms with van der Waals surface area (Å²) in [5.41, 5.74) is 0. The van der Waals surface area contributed by atoms with Crippen LogP contribution in [0, 0.1) is 12.3 Å². The van der Waals surface area contributed by atoms with Crippen LogP contribution in [0.3, 0.4) is 0 Å². The molecule has 0 aliphatic carbocycles. The molecule has 0 atom stereocenters. The number of carbonyl (C=O) groups is 3. The fourth-order valence-corrected chi connectivity index (χ4v) is 1.11. The van der Waals surface area contributed by atoms with E-state index >= 15 is 0 Å². The molecule has 100 valence electrons. The molecule has 0 heterocycles. The molecule has 0 aliphatic rings. The van der Waals surface area contributed by atoms with Crippen LogP contribution in [0.15, 0.2) is 0 Å². The third kappa shape index (κ3) is 7.11. The predicted molar refractivity (Wildman–Crippen MR) is 64.7 cm³/mol. The number of aliphatic carboxylic acids is 1. The van der Waals surface area contributed by atoms with Gasteiger partial charge in [0.1, 0.15) is 6.54 Å². The van der Waals surface area contributed by atoms with Crippen LogP contribution < -0.4 is 10.6 Å². The Kier molecular flexibility index (Phi) is 6.96. The van der Waals surface area contributed by atoms with Crippen LogP contribution in [0.2, 0.25) is 0 Å². The first-order valence-electron chi connectivity index (χ1n) is 5.34. The van der Waals surface area contributed by atoms with E-state index in [0.29, 0.717) is 0 Å². The minimum absolute atomic E-state index is 0.0322. The smallest absolute Gasteiger partial charge is 0.323 e. The molecular weight excluding hydrogens is 238 g/mol. The maximum Gasteiger partial charge on any atom is 0.323 e. The van der Waals surface area contributed by atoms with Gasteiger partial charge in [-0.25, -0.2) is 4.79 Å². The summed E-state index contributed by atoms with van der Waals surface area (Å²) in [5.74, 6) is 0.649. The quantitative estimate of drug-likeness (QED) is 0.543. The highest BCUT2D eigenvalue weighted by Gasteiger charge is 2.16. The van der Waals surface area contributed by atoms with Crippen molar-refractivity contribution in [3.63, 3.8) is 0 Å². The third-order valence-corrected chi connectivity index (χ3v) is 1.75. The molecule has 0 aromatic heterocycles. The van der Waals surface area contributed by atoms with Gasteiger partial charge in [0, 0.05) is 6.04 Å². The summed E-state index contributed by atoms with van der Waals surface area (Å²) in [6.07, 6.45) is 5.02. The molecule has 0 aliphatic heterocycles. The largest absolute Gasteiger partial charge is 0.480 e. The van der Waals surface area contributed by atoms with Crippen molar-refractivity contribution in [3.8, 4) is 12.3 Å². The molecule has 0 rings (SSSR count). The third-order valence-electron chi connectivity index (χ3n) is 1.75. The van der Waals surface area contributed by atoms with Crippen LogP contribution in [0.5, 0.6) is 0 Å². The number of rotatable bonds is 6. The van der Waals surface area contributed by atoms with Gasteiger partial charge in [-0.05, 0) is 13.8 Å².